The van der Waals surface area contributed by atoms with Crippen molar-refractivity contribution in [3.05, 3.63) is 59.7 Å². The highest BCUT2D eigenvalue weighted by Gasteiger charge is 2.24. The van der Waals surface area contributed by atoms with Crippen LogP contribution in [-0.4, -0.2) is 68.3 Å². The minimum atomic E-state index is -0.463. The normalized spacial score (nSPS) is 16.1. The Balaban J connectivity index is 1.50. The summed E-state index contributed by atoms with van der Waals surface area (Å²) in [7, 11) is 5.00. The van der Waals surface area contributed by atoms with Crippen LogP contribution in [0.1, 0.15) is 34.9 Å². The van der Waals surface area contributed by atoms with Gasteiger partial charge in [0.05, 0.1) is 20.3 Å². The molecule has 1 atom stereocenters. The van der Waals surface area contributed by atoms with Crippen molar-refractivity contribution in [2.45, 2.75) is 18.9 Å². The molecule has 0 bridgehead atoms. The summed E-state index contributed by atoms with van der Waals surface area (Å²) in [5.41, 5.74) is 1.52. The quantitative estimate of drug-likeness (QED) is 0.721. The fraction of sp³-hybridized carbons (Fsp3) is 0.458. The zero-order valence-corrected chi connectivity index (χ0v) is 18.1. The lowest BCUT2D eigenvalue weighted by Gasteiger charge is -2.35. The van der Waals surface area contributed by atoms with Gasteiger partial charge in [0.2, 0.25) is 0 Å². The molecular formula is C24H32N2O4. The molecular weight excluding hydrogens is 380 g/mol. The van der Waals surface area contributed by atoms with Gasteiger partial charge in [-0.25, -0.2) is 0 Å². The van der Waals surface area contributed by atoms with Gasteiger partial charge in [-0.05, 0) is 49.5 Å². The van der Waals surface area contributed by atoms with Crippen molar-refractivity contribution >= 4 is 5.91 Å². The monoisotopic (exact) mass is 412 g/mol. The number of hydrogen-bond acceptors (Lipinski definition) is 5. The standard InChI is InChI=1S/C24H32N2O4/c1-25(24(28)20-13-21(29-2)15-22(14-20)30-3)16-18-9-11-26(12-10-18)17-23(27)19-7-5-4-6-8-19/h4-8,13-15,18,23,27H,9-12,16-17H2,1-3H3/t23-/m0/s1. The molecule has 1 heterocycles. The van der Waals surface area contributed by atoms with Crippen LogP contribution in [0.4, 0.5) is 0 Å². The number of benzene rings is 2. The van der Waals surface area contributed by atoms with E-state index in [-0.39, 0.29) is 5.91 Å². The minimum absolute atomic E-state index is 0.0332. The van der Waals surface area contributed by atoms with E-state index < -0.39 is 6.10 Å². The maximum Gasteiger partial charge on any atom is 0.253 e. The summed E-state index contributed by atoms with van der Waals surface area (Å²) in [6.07, 6.45) is 1.57. The third kappa shape index (κ3) is 5.74. The van der Waals surface area contributed by atoms with Crippen molar-refractivity contribution in [1.29, 1.82) is 0 Å². The molecule has 6 heteroatoms. The third-order valence-electron chi connectivity index (χ3n) is 5.80. The van der Waals surface area contributed by atoms with Gasteiger partial charge in [-0.1, -0.05) is 30.3 Å². The predicted octanol–water partition coefficient (Wildman–Crippen LogP) is 3.22. The number of nitrogens with zero attached hydrogens (tertiary/aromatic N) is 2. The lowest BCUT2D eigenvalue weighted by Crippen LogP contribution is -2.40. The largest absolute Gasteiger partial charge is 0.497 e. The third-order valence-corrected chi connectivity index (χ3v) is 5.80. The van der Waals surface area contributed by atoms with Crippen molar-refractivity contribution in [2.75, 3.05) is 47.4 Å². The molecule has 0 unspecified atom stereocenters. The van der Waals surface area contributed by atoms with Crippen LogP contribution in [0.2, 0.25) is 0 Å². The number of piperidine rings is 1. The number of methoxy groups -OCH3 is 2. The number of aliphatic hydroxyl groups is 1. The Morgan fingerprint density at radius 2 is 1.70 bits per heavy atom. The van der Waals surface area contributed by atoms with Crippen molar-refractivity contribution in [3.8, 4) is 11.5 Å². The van der Waals surface area contributed by atoms with Gasteiger partial charge in [-0.3, -0.25) is 4.79 Å². The summed E-state index contributed by atoms with van der Waals surface area (Å²) >= 11 is 0. The Bertz CT molecular complexity index is 797. The molecule has 6 nitrogen and oxygen atoms in total. The first-order valence-corrected chi connectivity index (χ1v) is 10.4. The van der Waals surface area contributed by atoms with Crippen molar-refractivity contribution in [2.24, 2.45) is 5.92 Å². The Hall–Kier alpha value is -2.57. The van der Waals surface area contributed by atoms with Crippen molar-refractivity contribution in [3.63, 3.8) is 0 Å². The Labute approximate surface area is 179 Å². The summed E-state index contributed by atoms with van der Waals surface area (Å²) in [5, 5.41) is 10.5. The van der Waals surface area contributed by atoms with E-state index in [1.807, 2.05) is 37.4 Å². The Morgan fingerprint density at radius 1 is 1.10 bits per heavy atom. The number of hydrogen-bond donors (Lipinski definition) is 1. The maximum absolute atomic E-state index is 12.9. The van der Waals surface area contributed by atoms with E-state index in [0.717, 1.165) is 31.5 Å². The molecule has 30 heavy (non-hydrogen) atoms. The molecule has 0 aromatic heterocycles. The second-order valence-electron chi connectivity index (χ2n) is 7.96. The highest BCUT2D eigenvalue weighted by molar-refractivity contribution is 5.95. The van der Waals surface area contributed by atoms with Crippen LogP contribution in [0.5, 0.6) is 11.5 Å². The number of rotatable bonds is 8. The number of carbonyl (C=O) groups excluding carboxylic acids is 1. The van der Waals surface area contributed by atoms with Gasteiger partial charge in [0, 0.05) is 31.8 Å². The van der Waals surface area contributed by atoms with E-state index in [2.05, 4.69) is 4.90 Å². The number of amides is 1. The van der Waals surface area contributed by atoms with Crippen molar-refractivity contribution in [1.82, 2.24) is 9.80 Å². The maximum atomic E-state index is 12.9. The van der Waals surface area contributed by atoms with Crippen LogP contribution in [-0.2, 0) is 0 Å². The first-order valence-electron chi connectivity index (χ1n) is 10.4. The van der Waals surface area contributed by atoms with Crippen LogP contribution < -0.4 is 9.47 Å². The number of likely N-dealkylation sites (tertiary alicyclic amines) is 1. The van der Waals surface area contributed by atoms with Crippen LogP contribution in [0.25, 0.3) is 0 Å². The van der Waals surface area contributed by atoms with E-state index in [1.165, 1.54) is 0 Å². The molecule has 0 spiro atoms. The molecule has 1 aliphatic heterocycles. The zero-order chi connectivity index (χ0) is 21.5. The number of β-amino-alcohol motifs (C(OH)–C–C–N with tert-alkyl or cyclic N) is 1. The first kappa shape index (κ1) is 22.1. The topological polar surface area (TPSA) is 62.2 Å². The SMILES string of the molecule is COc1cc(OC)cc(C(=O)N(C)CC2CCN(C[C@H](O)c3ccccc3)CC2)c1. The summed E-state index contributed by atoms with van der Waals surface area (Å²) in [6.45, 7) is 3.23. The smallest absolute Gasteiger partial charge is 0.253 e. The molecule has 1 saturated heterocycles. The fourth-order valence-electron chi connectivity index (χ4n) is 4.00. The van der Waals surface area contributed by atoms with Gasteiger partial charge in [0.15, 0.2) is 0 Å². The summed E-state index contributed by atoms with van der Waals surface area (Å²) in [5.74, 6) is 1.64. The van der Waals surface area contributed by atoms with E-state index >= 15 is 0 Å². The molecule has 0 radical (unpaired) electrons. The molecule has 1 N–H and O–H groups in total. The predicted molar refractivity (Wildman–Crippen MR) is 117 cm³/mol. The van der Waals surface area contributed by atoms with Gasteiger partial charge >= 0.3 is 0 Å². The number of carbonyl (C=O) groups is 1. The molecule has 162 valence electrons. The van der Waals surface area contributed by atoms with Crippen LogP contribution in [0.15, 0.2) is 48.5 Å². The molecule has 1 amide bonds. The second-order valence-corrected chi connectivity index (χ2v) is 7.96. The molecule has 2 aromatic carbocycles. The van der Waals surface area contributed by atoms with E-state index in [9.17, 15) is 9.90 Å². The Morgan fingerprint density at radius 3 is 2.27 bits per heavy atom. The van der Waals surface area contributed by atoms with Gasteiger partial charge in [-0.2, -0.15) is 0 Å². The van der Waals surface area contributed by atoms with Gasteiger partial charge in [0.1, 0.15) is 11.5 Å². The Kier molecular flexibility index (Phi) is 7.71. The van der Waals surface area contributed by atoms with E-state index in [4.69, 9.17) is 9.47 Å². The molecule has 0 saturated carbocycles. The lowest BCUT2D eigenvalue weighted by atomic mass is 9.95. The molecule has 3 rings (SSSR count). The molecule has 0 aliphatic carbocycles. The highest BCUT2D eigenvalue weighted by atomic mass is 16.5. The van der Waals surface area contributed by atoms with E-state index in [0.29, 0.717) is 36.1 Å². The number of ether oxygens (including phenoxy) is 2. The fourth-order valence-corrected chi connectivity index (χ4v) is 4.00. The molecule has 1 aliphatic rings. The summed E-state index contributed by atoms with van der Waals surface area (Å²) in [4.78, 5) is 17.0. The average Bonchev–Trinajstić information content (AvgIpc) is 2.79. The van der Waals surface area contributed by atoms with E-state index in [1.54, 1.807) is 37.3 Å². The minimum Gasteiger partial charge on any atom is -0.497 e. The zero-order valence-electron chi connectivity index (χ0n) is 18.1. The van der Waals surface area contributed by atoms with Gasteiger partial charge < -0.3 is 24.4 Å². The summed E-state index contributed by atoms with van der Waals surface area (Å²) in [6, 6.07) is 15.0. The molecule has 2 aromatic rings. The van der Waals surface area contributed by atoms with Crippen molar-refractivity contribution < 1.29 is 19.4 Å². The highest BCUT2D eigenvalue weighted by Crippen LogP contribution is 2.25. The average molecular weight is 413 g/mol. The van der Waals surface area contributed by atoms with Crippen LogP contribution >= 0.6 is 0 Å². The second kappa shape index (κ2) is 10.5. The number of aliphatic hydroxyl groups excluding tert-OH is 1. The van der Waals surface area contributed by atoms with Crippen LogP contribution in [0, 0.1) is 5.92 Å². The van der Waals surface area contributed by atoms with Gasteiger partial charge in [0.25, 0.3) is 5.91 Å². The van der Waals surface area contributed by atoms with Crippen LogP contribution in [0.3, 0.4) is 0 Å². The van der Waals surface area contributed by atoms with Gasteiger partial charge in [-0.15, -0.1) is 0 Å². The summed E-state index contributed by atoms with van der Waals surface area (Å²) < 4.78 is 10.6. The first-order chi connectivity index (χ1) is 14.5. The lowest BCUT2D eigenvalue weighted by molar-refractivity contribution is 0.0681. The molecule has 1 fully saturated rings.